The molecule has 108 valence electrons. The largest absolute Gasteiger partial charge is 0.371 e. The van der Waals surface area contributed by atoms with Gasteiger partial charge in [0.2, 0.25) is 5.91 Å². The van der Waals surface area contributed by atoms with Gasteiger partial charge in [0.15, 0.2) is 0 Å². The molecular formula is C17H17NO3. The zero-order chi connectivity index (χ0) is 14.7. The van der Waals surface area contributed by atoms with Gasteiger partial charge in [-0.2, -0.15) is 0 Å². The number of allylic oxidation sites excluding steroid dienone is 3. The van der Waals surface area contributed by atoms with Gasteiger partial charge in [0, 0.05) is 5.56 Å². The Morgan fingerprint density at radius 1 is 1.19 bits per heavy atom. The summed E-state index contributed by atoms with van der Waals surface area (Å²) in [6.45, 7) is 0.951. The third-order valence-corrected chi connectivity index (χ3v) is 3.62. The second-order valence-electron chi connectivity index (χ2n) is 5.23. The van der Waals surface area contributed by atoms with Crippen molar-refractivity contribution >= 4 is 11.8 Å². The van der Waals surface area contributed by atoms with Gasteiger partial charge in [0.1, 0.15) is 0 Å². The highest BCUT2D eigenvalue weighted by Gasteiger charge is 2.34. The van der Waals surface area contributed by atoms with E-state index in [9.17, 15) is 9.59 Å². The molecule has 0 saturated carbocycles. The zero-order valence-electron chi connectivity index (χ0n) is 11.6. The molecule has 2 aliphatic rings. The normalized spacial score (nSPS) is 22.9. The van der Waals surface area contributed by atoms with E-state index in [0.29, 0.717) is 25.1 Å². The van der Waals surface area contributed by atoms with Crippen molar-refractivity contribution in [1.82, 2.24) is 4.90 Å². The van der Waals surface area contributed by atoms with E-state index in [4.69, 9.17) is 4.74 Å². The highest BCUT2D eigenvalue weighted by Crippen LogP contribution is 2.20. The van der Waals surface area contributed by atoms with Crippen LogP contribution in [0, 0.1) is 5.92 Å². The SMILES string of the molecule is O=C(c1ccccc1)N(CC1CO1)C(=O)C1C=CC=CC1. The predicted octanol–water partition coefficient (Wildman–Crippen LogP) is 2.19. The average molecular weight is 283 g/mol. The molecule has 1 fully saturated rings. The summed E-state index contributed by atoms with van der Waals surface area (Å²) in [7, 11) is 0. The maximum Gasteiger partial charge on any atom is 0.260 e. The summed E-state index contributed by atoms with van der Waals surface area (Å²) in [5, 5.41) is 0. The van der Waals surface area contributed by atoms with Crippen molar-refractivity contribution in [1.29, 1.82) is 0 Å². The fraction of sp³-hybridized carbons (Fsp3) is 0.294. The number of imide groups is 1. The van der Waals surface area contributed by atoms with E-state index in [1.165, 1.54) is 4.90 Å². The summed E-state index contributed by atoms with van der Waals surface area (Å²) in [4.78, 5) is 26.6. The van der Waals surface area contributed by atoms with Gasteiger partial charge in [-0.15, -0.1) is 0 Å². The first kappa shape index (κ1) is 13.8. The highest BCUT2D eigenvalue weighted by atomic mass is 16.6. The molecule has 1 aliphatic heterocycles. The molecular weight excluding hydrogens is 266 g/mol. The number of nitrogens with zero attached hydrogens (tertiary/aromatic N) is 1. The van der Waals surface area contributed by atoms with Crippen LogP contribution in [0.1, 0.15) is 16.8 Å². The lowest BCUT2D eigenvalue weighted by Crippen LogP contribution is -2.42. The van der Waals surface area contributed by atoms with Crippen LogP contribution in [0.2, 0.25) is 0 Å². The summed E-state index contributed by atoms with van der Waals surface area (Å²) in [5.41, 5.74) is 0.529. The Morgan fingerprint density at radius 2 is 1.95 bits per heavy atom. The molecule has 0 spiro atoms. The fourth-order valence-electron chi connectivity index (χ4n) is 2.35. The lowest BCUT2D eigenvalue weighted by Gasteiger charge is -2.24. The van der Waals surface area contributed by atoms with Gasteiger partial charge in [-0.05, 0) is 18.6 Å². The quantitative estimate of drug-likeness (QED) is 0.628. The molecule has 1 saturated heterocycles. The molecule has 0 radical (unpaired) electrons. The lowest BCUT2D eigenvalue weighted by molar-refractivity contribution is -0.131. The molecule has 0 N–H and O–H groups in total. The Bertz CT molecular complexity index is 587. The lowest BCUT2D eigenvalue weighted by atomic mass is 9.98. The van der Waals surface area contributed by atoms with Crippen LogP contribution >= 0.6 is 0 Å². The van der Waals surface area contributed by atoms with Crippen molar-refractivity contribution in [2.24, 2.45) is 5.92 Å². The van der Waals surface area contributed by atoms with Crippen LogP contribution in [-0.2, 0) is 9.53 Å². The van der Waals surface area contributed by atoms with E-state index in [1.807, 2.05) is 30.4 Å². The van der Waals surface area contributed by atoms with Crippen LogP contribution in [-0.4, -0.2) is 36.0 Å². The molecule has 1 heterocycles. The van der Waals surface area contributed by atoms with Gasteiger partial charge in [-0.3, -0.25) is 14.5 Å². The van der Waals surface area contributed by atoms with Crippen LogP contribution in [0.5, 0.6) is 0 Å². The van der Waals surface area contributed by atoms with Gasteiger partial charge in [-0.1, -0.05) is 42.5 Å². The van der Waals surface area contributed by atoms with Gasteiger partial charge < -0.3 is 4.74 Å². The number of hydrogen-bond donors (Lipinski definition) is 0. The van der Waals surface area contributed by atoms with Gasteiger partial charge in [-0.25, -0.2) is 0 Å². The smallest absolute Gasteiger partial charge is 0.260 e. The summed E-state index contributed by atoms with van der Waals surface area (Å²) in [5.74, 6) is -0.666. The minimum Gasteiger partial charge on any atom is -0.371 e. The van der Waals surface area contributed by atoms with Crippen molar-refractivity contribution in [3.05, 3.63) is 60.2 Å². The Morgan fingerprint density at radius 3 is 2.57 bits per heavy atom. The molecule has 1 aromatic carbocycles. The second kappa shape index (κ2) is 6.06. The number of benzene rings is 1. The first-order chi connectivity index (χ1) is 10.3. The number of carbonyl (C=O) groups excluding carboxylic acids is 2. The molecule has 1 aliphatic carbocycles. The molecule has 3 rings (SSSR count). The number of epoxide rings is 1. The number of rotatable bonds is 4. The maximum atomic E-state index is 12.6. The van der Waals surface area contributed by atoms with Crippen molar-refractivity contribution in [3.8, 4) is 0 Å². The van der Waals surface area contributed by atoms with E-state index >= 15 is 0 Å². The van der Waals surface area contributed by atoms with Crippen LogP contribution in [0.25, 0.3) is 0 Å². The molecule has 0 aromatic heterocycles. The molecule has 0 bridgehead atoms. The molecule has 4 heteroatoms. The monoisotopic (exact) mass is 283 g/mol. The number of amides is 2. The van der Waals surface area contributed by atoms with Gasteiger partial charge >= 0.3 is 0 Å². The minimum absolute atomic E-state index is 0.00951. The first-order valence-corrected chi connectivity index (χ1v) is 7.11. The maximum absolute atomic E-state index is 12.6. The molecule has 2 unspecified atom stereocenters. The Hall–Kier alpha value is -2.20. The van der Waals surface area contributed by atoms with E-state index < -0.39 is 0 Å². The summed E-state index contributed by atoms with van der Waals surface area (Å²) < 4.78 is 5.18. The Labute approximate surface area is 123 Å². The topological polar surface area (TPSA) is 49.9 Å². The summed E-state index contributed by atoms with van der Waals surface area (Å²) in [6.07, 6.45) is 8.19. The van der Waals surface area contributed by atoms with Crippen LogP contribution < -0.4 is 0 Å². The second-order valence-corrected chi connectivity index (χ2v) is 5.23. The van der Waals surface area contributed by atoms with Crippen molar-refractivity contribution in [2.75, 3.05) is 13.2 Å². The molecule has 2 amide bonds. The van der Waals surface area contributed by atoms with Gasteiger partial charge in [0.25, 0.3) is 5.91 Å². The van der Waals surface area contributed by atoms with E-state index in [0.717, 1.165) is 0 Å². The summed E-state index contributed by atoms with van der Waals surface area (Å²) in [6, 6.07) is 8.90. The minimum atomic E-state index is -0.263. The molecule has 21 heavy (non-hydrogen) atoms. The number of hydrogen-bond acceptors (Lipinski definition) is 3. The third kappa shape index (κ3) is 3.28. The standard InChI is InChI=1S/C17H17NO3/c19-16(13-7-3-1-4-8-13)18(11-15-12-21-15)17(20)14-9-5-2-6-10-14/h1-9,14-15H,10-12H2. The first-order valence-electron chi connectivity index (χ1n) is 7.11. The zero-order valence-corrected chi connectivity index (χ0v) is 11.6. The molecule has 1 aromatic rings. The molecule has 2 atom stereocenters. The van der Waals surface area contributed by atoms with Crippen molar-refractivity contribution in [2.45, 2.75) is 12.5 Å². The Kier molecular flexibility index (Phi) is 3.97. The molecule has 4 nitrogen and oxygen atoms in total. The highest BCUT2D eigenvalue weighted by molar-refractivity contribution is 6.05. The van der Waals surface area contributed by atoms with Gasteiger partial charge in [0.05, 0.1) is 25.2 Å². The fourth-order valence-corrected chi connectivity index (χ4v) is 2.35. The Balaban J connectivity index is 1.79. The summed E-state index contributed by atoms with van der Waals surface area (Å²) >= 11 is 0. The average Bonchev–Trinajstić information content (AvgIpc) is 3.37. The predicted molar refractivity (Wildman–Crippen MR) is 78.6 cm³/mol. The van der Waals surface area contributed by atoms with Crippen LogP contribution in [0.3, 0.4) is 0 Å². The van der Waals surface area contributed by atoms with Crippen molar-refractivity contribution < 1.29 is 14.3 Å². The van der Waals surface area contributed by atoms with E-state index in [1.54, 1.807) is 24.3 Å². The van der Waals surface area contributed by atoms with Crippen molar-refractivity contribution in [3.63, 3.8) is 0 Å². The van der Waals surface area contributed by atoms with E-state index in [-0.39, 0.29) is 23.8 Å². The number of ether oxygens (including phenoxy) is 1. The number of carbonyl (C=O) groups is 2. The third-order valence-electron chi connectivity index (χ3n) is 3.62. The van der Waals surface area contributed by atoms with Crippen LogP contribution in [0.4, 0.5) is 0 Å². The van der Waals surface area contributed by atoms with E-state index in [2.05, 4.69) is 0 Å². The van der Waals surface area contributed by atoms with Crippen LogP contribution in [0.15, 0.2) is 54.6 Å².